The van der Waals surface area contributed by atoms with Crippen LogP contribution >= 0.6 is 27.5 Å². The van der Waals surface area contributed by atoms with Crippen LogP contribution in [-0.4, -0.2) is 14.9 Å². The average molecular weight is 345 g/mol. The predicted molar refractivity (Wildman–Crippen MR) is 72.6 cm³/mol. The molecule has 1 heterocycles. The van der Waals surface area contributed by atoms with E-state index < -0.39 is 4.92 Å². The first-order valence-electron chi connectivity index (χ1n) is 5.08. The lowest BCUT2D eigenvalue weighted by molar-refractivity contribution is -0.385. The molecule has 0 unspecified atom stereocenters. The average Bonchev–Trinajstić information content (AvgIpc) is 2.30. The molecule has 0 aliphatic heterocycles. The minimum atomic E-state index is -0.532. The number of hydrogen-bond acceptors (Lipinski definition) is 5. The van der Waals surface area contributed by atoms with E-state index in [0.29, 0.717) is 10.2 Å². The highest BCUT2D eigenvalue weighted by molar-refractivity contribution is 9.10. The number of nitrogens with zero attached hydrogens (tertiary/aromatic N) is 3. The zero-order valence-corrected chi connectivity index (χ0v) is 12.0. The van der Waals surface area contributed by atoms with Crippen molar-refractivity contribution in [2.75, 3.05) is 0 Å². The van der Waals surface area contributed by atoms with Crippen LogP contribution in [0, 0.1) is 17.0 Å². The van der Waals surface area contributed by atoms with Gasteiger partial charge in [0.05, 0.1) is 4.92 Å². The number of rotatable bonds is 3. The molecule has 2 rings (SSSR count). The van der Waals surface area contributed by atoms with Crippen molar-refractivity contribution < 1.29 is 9.66 Å². The van der Waals surface area contributed by atoms with Crippen LogP contribution in [0.2, 0.25) is 5.28 Å². The van der Waals surface area contributed by atoms with Crippen LogP contribution in [0.1, 0.15) is 5.69 Å². The van der Waals surface area contributed by atoms with Gasteiger partial charge in [-0.15, -0.1) is 0 Å². The first kappa shape index (κ1) is 13.7. The number of aryl methyl sites for hydroxylation is 1. The van der Waals surface area contributed by atoms with Gasteiger partial charge >= 0.3 is 5.69 Å². The van der Waals surface area contributed by atoms with E-state index in [4.69, 9.17) is 16.3 Å². The van der Waals surface area contributed by atoms with Gasteiger partial charge in [-0.25, -0.2) is 4.98 Å². The fourth-order valence-electron chi connectivity index (χ4n) is 1.39. The Morgan fingerprint density at radius 3 is 2.74 bits per heavy atom. The van der Waals surface area contributed by atoms with E-state index in [0.717, 1.165) is 0 Å². The minimum absolute atomic E-state index is 0.0229. The third-order valence-corrected chi connectivity index (χ3v) is 2.80. The van der Waals surface area contributed by atoms with E-state index in [1.807, 2.05) is 0 Å². The Morgan fingerprint density at radius 2 is 2.11 bits per heavy atom. The Morgan fingerprint density at radius 1 is 1.37 bits per heavy atom. The van der Waals surface area contributed by atoms with E-state index in [1.54, 1.807) is 13.0 Å². The van der Waals surface area contributed by atoms with E-state index in [9.17, 15) is 10.1 Å². The molecule has 0 N–H and O–H groups in total. The lowest BCUT2D eigenvalue weighted by Gasteiger charge is -2.06. The monoisotopic (exact) mass is 343 g/mol. The van der Waals surface area contributed by atoms with Gasteiger partial charge in [0, 0.05) is 22.3 Å². The smallest absolute Gasteiger partial charge is 0.312 e. The number of halogens is 2. The van der Waals surface area contributed by atoms with E-state index in [1.165, 1.54) is 18.2 Å². The van der Waals surface area contributed by atoms with Crippen LogP contribution in [0.4, 0.5) is 5.69 Å². The first-order chi connectivity index (χ1) is 8.95. The van der Waals surface area contributed by atoms with Gasteiger partial charge in [-0.3, -0.25) is 10.1 Å². The van der Waals surface area contributed by atoms with Crippen molar-refractivity contribution in [1.82, 2.24) is 9.97 Å². The number of ether oxygens (including phenoxy) is 1. The molecule has 0 atom stereocenters. The summed E-state index contributed by atoms with van der Waals surface area (Å²) in [5.74, 6) is 0.241. The molecular formula is C11H7BrClN3O3. The SMILES string of the molecule is Cc1cc(Oc2ccc(Br)cc2[N+](=O)[O-])nc(Cl)n1. The highest BCUT2D eigenvalue weighted by atomic mass is 79.9. The molecule has 0 bridgehead atoms. The molecule has 0 radical (unpaired) electrons. The Balaban J connectivity index is 2.40. The molecular weight excluding hydrogens is 337 g/mol. The van der Waals surface area contributed by atoms with E-state index in [-0.39, 0.29) is 22.6 Å². The largest absolute Gasteiger partial charge is 0.432 e. The van der Waals surface area contributed by atoms with Crippen LogP contribution in [-0.2, 0) is 0 Å². The lowest BCUT2D eigenvalue weighted by Crippen LogP contribution is -1.96. The second-order valence-corrected chi connectivity index (χ2v) is 4.84. The van der Waals surface area contributed by atoms with Crippen LogP contribution in [0.3, 0.4) is 0 Å². The number of nitro benzene ring substituents is 1. The molecule has 6 nitrogen and oxygen atoms in total. The molecule has 0 amide bonds. The maximum absolute atomic E-state index is 10.9. The Kier molecular flexibility index (Phi) is 3.96. The molecule has 0 spiro atoms. The predicted octanol–water partition coefficient (Wildman–Crippen LogP) is 3.90. The number of nitro groups is 1. The second kappa shape index (κ2) is 5.50. The van der Waals surface area contributed by atoms with E-state index >= 15 is 0 Å². The van der Waals surface area contributed by atoms with Crippen LogP contribution in [0.15, 0.2) is 28.7 Å². The normalized spacial score (nSPS) is 10.3. The Hall–Kier alpha value is -1.73. The summed E-state index contributed by atoms with van der Waals surface area (Å²) < 4.78 is 5.98. The molecule has 0 aliphatic rings. The topological polar surface area (TPSA) is 78.2 Å². The van der Waals surface area contributed by atoms with Crippen molar-refractivity contribution in [3.63, 3.8) is 0 Å². The van der Waals surface area contributed by atoms with Gasteiger partial charge in [0.25, 0.3) is 0 Å². The molecule has 1 aromatic carbocycles. The maximum Gasteiger partial charge on any atom is 0.312 e. The number of hydrogen-bond donors (Lipinski definition) is 0. The fourth-order valence-corrected chi connectivity index (χ4v) is 1.95. The molecule has 0 saturated carbocycles. The minimum Gasteiger partial charge on any atom is -0.432 e. The summed E-state index contributed by atoms with van der Waals surface area (Å²) in [7, 11) is 0. The van der Waals surface area contributed by atoms with E-state index in [2.05, 4.69) is 25.9 Å². The van der Waals surface area contributed by atoms with Gasteiger partial charge in [-0.05, 0) is 30.7 Å². The Bertz CT molecular complexity index is 631. The molecule has 0 fully saturated rings. The van der Waals surface area contributed by atoms with Gasteiger partial charge in [0.15, 0.2) is 0 Å². The number of benzene rings is 1. The van der Waals surface area contributed by atoms with Gasteiger partial charge < -0.3 is 4.74 Å². The molecule has 0 saturated heterocycles. The van der Waals surface area contributed by atoms with Crippen LogP contribution in [0.25, 0.3) is 0 Å². The standard InChI is InChI=1S/C11H7BrClN3O3/c1-6-4-10(15-11(13)14-6)19-9-3-2-7(12)5-8(9)16(17)18/h2-5H,1H3. The second-order valence-electron chi connectivity index (χ2n) is 3.59. The van der Waals surface area contributed by atoms with Crippen molar-refractivity contribution >= 4 is 33.2 Å². The van der Waals surface area contributed by atoms with Crippen LogP contribution in [0.5, 0.6) is 11.6 Å². The van der Waals surface area contributed by atoms with Gasteiger partial charge in [-0.1, -0.05) is 15.9 Å². The van der Waals surface area contributed by atoms with Gasteiger partial charge in [0.2, 0.25) is 16.9 Å². The summed E-state index contributed by atoms with van der Waals surface area (Å²) in [4.78, 5) is 18.1. The molecule has 19 heavy (non-hydrogen) atoms. The van der Waals surface area contributed by atoms with Crippen molar-refractivity contribution in [2.24, 2.45) is 0 Å². The molecule has 2 aromatic rings. The summed E-state index contributed by atoms with van der Waals surface area (Å²) in [6, 6.07) is 6.01. The zero-order valence-electron chi connectivity index (χ0n) is 9.63. The van der Waals surface area contributed by atoms with Crippen molar-refractivity contribution in [2.45, 2.75) is 6.92 Å². The molecule has 1 aromatic heterocycles. The van der Waals surface area contributed by atoms with Gasteiger partial charge in [-0.2, -0.15) is 4.98 Å². The summed E-state index contributed by atoms with van der Waals surface area (Å²) in [5, 5.41) is 11.0. The fraction of sp³-hybridized carbons (Fsp3) is 0.0909. The van der Waals surface area contributed by atoms with Crippen molar-refractivity contribution in [3.05, 3.63) is 49.8 Å². The third-order valence-electron chi connectivity index (χ3n) is 2.14. The van der Waals surface area contributed by atoms with Gasteiger partial charge in [0.1, 0.15) is 0 Å². The molecule has 8 heteroatoms. The van der Waals surface area contributed by atoms with Crippen LogP contribution < -0.4 is 4.74 Å². The first-order valence-corrected chi connectivity index (χ1v) is 6.26. The highest BCUT2D eigenvalue weighted by Crippen LogP contribution is 2.33. The zero-order chi connectivity index (χ0) is 14.0. The third kappa shape index (κ3) is 3.39. The summed E-state index contributed by atoms with van der Waals surface area (Å²) >= 11 is 8.87. The maximum atomic E-state index is 10.9. The van der Waals surface area contributed by atoms with Crippen molar-refractivity contribution in [1.29, 1.82) is 0 Å². The van der Waals surface area contributed by atoms with Crippen molar-refractivity contribution in [3.8, 4) is 11.6 Å². The number of aromatic nitrogens is 2. The quantitative estimate of drug-likeness (QED) is 0.479. The molecule has 98 valence electrons. The molecule has 0 aliphatic carbocycles. The summed E-state index contributed by atoms with van der Waals surface area (Å²) in [6.07, 6.45) is 0. The highest BCUT2D eigenvalue weighted by Gasteiger charge is 2.17. The lowest BCUT2D eigenvalue weighted by atomic mass is 10.3. The summed E-state index contributed by atoms with van der Waals surface area (Å²) in [5.41, 5.74) is 0.441. The summed E-state index contributed by atoms with van der Waals surface area (Å²) in [6.45, 7) is 1.72. The Labute approximate surface area is 121 Å².